The molecule has 0 aliphatic rings. The van der Waals surface area contributed by atoms with Crippen LogP contribution in [0.4, 0.5) is 0 Å². The van der Waals surface area contributed by atoms with E-state index in [0.717, 1.165) is 11.1 Å². The number of aromatic hydroxyl groups is 1. The van der Waals surface area contributed by atoms with Crippen molar-refractivity contribution in [2.45, 2.75) is 26.2 Å². The number of carboxylic acids is 1. The zero-order chi connectivity index (χ0) is 19.6. The Balaban J connectivity index is 2.32. The molecule has 0 unspecified atom stereocenters. The van der Waals surface area contributed by atoms with E-state index in [2.05, 4.69) is 0 Å². The van der Waals surface area contributed by atoms with Crippen LogP contribution in [0.5, 0.6) is 11.5 Å². The van der Waals surface area contributed by atoms with E-state index in [1.165, 1.54) is 12.1 Å². The first-order valence-corrected chi connectivity index (χ1v) is 7.99. The predicted octanol–water partition coefficient (Wildman–Crippen LogP) is 4.88. The molecular weight excluding hydrogens is 351 g/mol. The van der Waals surface area contributed by atoms with Crippen LogP contribution in [0, 0.1) is 0 Å². The number of hydrogen-bond donors (Lipinski definition) is 2. The van der Waals surface area contributed by atoms with Crippen LogP contribution in [-0.2, 0) is 11.2 Å². The number of phenolic OH excluding ortho intramolecular Hbond substituents is 1. The maximum Gasteiger partial charge on any atom is 0.341 e. The molecule has 2 rings (SSSR count). The highest BCUT2D eigenvalue weighted by Crippen LogP contribution is 2.33. The molecule has 0 spiro atoms. The molecule has 128 valence electrons. The lowest BCUT2D eigenvalue weighted by Crippen LogP contribution is -2.09. The van der Waals surface area contributed by atoms with Crippen molar-refractivity contribution in [1.29, 1.82) is 0 Å². The zero-order valence-corrected chi connectivity index (χ0v) is 14.6. The molecule has 0 atom stereocenters. The van der Waals surface area contributed by atoms with Crippen LogP contribution >= 0.6 is 23.2 Å². The Hall–Kier alpha value is -1.91. The highest BCUT2D eigenvalue weighted by atomic mass is 35.5. The average molecular weight is 371 g/mol. The number of phenols is 1. The van der Waals surface area contributed by atoms with Crippen LogP contribution in [0.2, 0.25) is 10.0 Å². The molecule has 24 heavy (non-hydrogen) atoms. The van der Waals surface area contributed by atoms with Gasteiger partial charge in [0.2, 0.25) is 0 Å². The summed E-state index contributed by atoms with van der Waals surface area (Å²) in [6, 6.07) is 7.91. The van der Waals surface area contributed by atoms with E-state index in [0.29, 0.717) is 12.0 Å². The van der Waals surface area contributed by atoms with Gasteiger partial charge in [-0.1, -0.05) is 49.2 Å². The van der Waals surface area contributed by atoms with Gasteiger partial charge in [-0.2, -0.15) is 0 Å². The molecular formula is C18H18Cl2O4. The Morgan fingerprint density at radius 1 is 1.25 bits per heavy atom. The number of benzene rings is 2. The van der Waals surface area contributed by atoms with E-state index in [1.54, 1.807) is 12.1 Å². The van der Waals surface area contributed by atoms with Crippen molar-refractivity contribution < 1.29 is 22.5 Å². The zero-order valence-electron chi connectivity index (χ0n) is 15.1. The second-order valence-corrected chi connectivity index (χ2v) is 6.41. The first-order valence-electron chi connectivity index (χ1n) is 8.23. The summed E-state index contributed by atoms with van der Waals surface area (Å²) in [7, 11) is 0. The molecule has 0 aliphatic carbocycles. The minimum Gasteiger partial charge on any atom is -0.508 e. The summed E-state index contributed by atoms with van der Waals surface area (Å²) in [4.78, 5) is 10.8. The van der Waals surface area contributed by atoms with Gasteiger partial charge in [0.05, 0.1) is 2.74 Å². The standard InChI is InChI=1S/C18H18Cl2O4/c1-10(2)13-5-11(3-4-17(13)21)6-14-15(19)7-12(8-16(14)20)24-9-18(22)23/h3-5,7-8,10,21H,6,9H2,1-2H3,(H,22,23)/i9D2. The number of carboxylic acid groups (broad SMARTS) is 1. The third-order valence-corrected chi connectivity index (χ3v) is 4.14. The Bertz CT molecular complexity index is 815. The molecule has 0 aromatic heterocycles. The second kappa shape index (κ2) is 7.77. The minimum absolute atomic E-state index is 0.0790. The molecule has 0 amide bonds. The van der Waals surface area contributed by atoms with Crippen LogP contribution < -0.4 is 4.74 Å². The van der Waals surface area contributed by atoms with Gasteiger partial charge >= 0.3 is 5.97 Å². The summed E-state index contributed by atoms with van der Waals surface area (Å²) in [5, 5.41) is 19.2. The Labute approximate surface area is 153 Å². The van der Waals surface area contributed by atoms with Gasteiger partial charge in [-0.15, -0.1) is 0 Å². The molecule has 0 heterocycles. The van der Waals surface area contributed by atoms with Gasteiger partial charge < -0.3 is 14.9 Å². The van der Waals surface area contributed by atoms with E-state index in [9.17, 15) is 9.90 Å². The monoisotopic (exact) mass is 370 g/mol. The lowest BCUT2D eigenvalue weighted by molar-refractivity contribution is -0.139. The summed E-state index contributed by atoms with van der Waals surface area (Å²) >= 11 is 12.5. The molecule has 2 aromatic rings. The second-order valence-electron chi connectivity index (χ2n) is 5.60. The van der Waals surface area contributed by atoms with Crippen molar-refractivity contribution in [2.75, 3.05) is 6.56 Å². The van der Waals surface area contributed by atoms with Gasteiger partial charge in [0, 0.05) is 16.5 Å². The third-order valence-electron chi connectivity index (χ3n) is 3.47. The molecule has 0 bridgehead atoms. The molecule has 6 heteroatoms. The van der Waals surface area contributed by atoms with E-state index in [4.69, 9.17) is 35.8 Å². The fraction of sp³-hybridized carbons (Fsp3) is 0.278. The SMILES string of the molecule is [2H]C([2H])(Oc1cc(Cl)c(Cc2ccc(O)c(C(C)C)c2)c(Cl)c1)C(=O)O. The molecule has 4 nitrogen and oxygen atoms in total. The topological polar surface area (TPSA) is 66.8 Å². The van der Waals surface area contributed by atoms with Crippen molar-refractivity contribution in [2.24, 2.45) is 0 Å². The highest BCUT2D eigenvalue weighted by Gasteiger charge is 2.13. The maximum atomic E-state index is 10.8. The largest absolute Gasteiger partial charge is 0.508 e. The minimum atomic E-state index is -2.89. The Kier molecular flexibility index (Phi) is 5.06. The fourth-order valence-electron chi connectivity index (χ4n) is 2.29. The van der Waals surface area contributed by atoms with Crippen molar-refractivity contribution in [3.8, 4) is 11.5 Å². The van der Waals surface area contributed by atoms with Gasteiger partial charge in [0.25, 0.3) is 0 Å². The lowest BCUT2D eigenvalue weighted by Gasteiger charge is -2.13. The fourth-order valence-corrected chi connectivity index (χ4v) is 2.89. The molecule has 0 fully saturated rings. The molecule has 0 saturated carbocycles. The first-order chi connectivity index (χ1) is 12.0. The molecule has 2 aromatic carbocycles. The van der Waals surface area contributed by atoms with Gasteiger partial charge in [-0.05, 0) is 40.8 Å². The number of carbonyl (C=O) groups is 1. The van der Waals surface area contributed by atoms with E-state index < -0.39 is 12.5 Å². The van der Waals surface area contributed by atoms with Gasteiger partial charge in [-0.25, -0.2) is 4.79 Å². The van der Waals surface area contributed by atoms with Crippen LogP contribution in [0.1, 0.15) is 39.2 Å². The molecule has 0 saturated heterocycles. The summed E-state index contributed by atoms with van der Waals surface area (Å²) in [6.07, 6.45) is 0.393. The van der Waals surface area contributed by atoms with Crippen molar-refractivity contribution in [3.63, 3.8) is 0 Å². The predicted molar refractivity (Wildman–Crippen MR) is 94.6 cm³/mol. The molecule has 0 radical (unpaired) electrons. The normalized spacial score (nSPS) is 12.7. The number of halogens is 2. The number of rotatable bonds is 6. The van der Waals surface area contributed by atoms with Crippen LogP contribution in [0.3, 0.4) is 0 Å². The van der Waals surface area contributed by atoms with Gasteiger partial charge in [-0.3, -0.25) is 0 Å². The van der Waals surface area contributed by atoms with Crippen molar-refractivity contribution >= 4 is 29.2 Å². The van der Waals surface area contributed by atoms with Crippen LogP contribution in [0.25, 0.3) is 0 Å². The van der Waals surface area contributed by atoms with Crippen molar-refractivity contribution in [3.05, 3.63) is 57.1 Å². The van der Waals surface area contributed by atoms with E-state index in [1.807, 2.05) is 19.9 Å². The van der Waals surface area contributed by atoms with Crippen LogP contribution in [-0.4, -0.2) is 22.7 Å². The van der Waals surface area contributed by atoms with E-state index in [-0.39, 0.29) is 27.5 Å². The third kappa shape index (κ3) is 4.56. The Morgan fingerprint density at radius 2 is 1.88 bits per heavy atom. The Morgan fingerprint density at radius 3 is 2.42 bits per heavy atom. The summed E-state index contributed by atoms with van der Waals surface area (Å²) in [5.74, 6) is -1.46. The number of ether oxygens (including phenoxy) is 1. The maximum absolute atomic E-state index is 10.8. The number of hydrogen-bond acceptors (Lipinski definition) is 3. The molecule has 0 aliphatic heterocycles. The summed E-state index contributed by atoms with van der Waals surface area (Å²) in [5.41, 5.74) is 2.30. The number of aliphatic carboxylic acids is 1. The van der Waals surface area contributed by atoms with Crippen LogP contribution in [0.15, 0.2) is 30.3 Å². The van der Waals surface area contributed by atoms with E-state index >= 15 is 0 Å². The average Bonchev–Trinajstić information content (AvgIpc) is 2.51. The van der Waals surface area contributed by atoms with Gasteiger partial charge in [0.1, 0.15) is 11.5 Å². The lowest BCUT2D eigenvalue weighted by atomic mass is 9.96. The van der Waals surface area contributed by atoms with Crippen molar-refractivity contribution in [1.82, 2.24) is 0 Å². The summed E-state index contributed by atoms with van der Waals surface area (Å²) < 4.78 is 19.5. The highest BCUT2D eigenvalue weighted by molar-refractivity contribution is 6.36. The van der Waals surface area contributed by atoms with Gasteiger partial charge in [0.15, 0.2) is 6.56 Å². The smallest absolute Gasteiger partial charge is 0.341 e. The summed E-state index contributed by atoms with van der Waals surface area (Å²) in [6.45, 7) is 1.06. The first kappa shape index (κ1) is 15.6. The quantitative estimate of drug-likeness (QED) is 0.760. The molecule has 2 N–H and O–H groups in total.